The van der Waals surface area contributed by atoms with E-state index in [0.717, 1.165) is 11.1 Å². The summed E-state index contributed by atoms with van der Waals surface area (Å²) >= 11 is 0. The molecule has 0 aliphatic heterocycles. The Bertz CT molecular complexity index is 1100. The number of hydrogen-bond donors (Lipinski definition) is 0. The number of ether oxygens (including phenoxy) is 1. The van der Waals surface area contributed by atoms with Crippen LogP contribution in [0, 0.1) is 6.92 Å². The molecule has 0 fully saturated rings. The topological polar surface area (TPSA) is 39.4 Å². The van der Waals surface area contributed by atoms with E-state index < -0.39 is 0 Å². The molecule has 0 saturated carbocycles. The van der Waals surface area contributed by atoms with Gasteiger partial charge in [0.25, 0.3) is 0 Å². The lowest BCUT2D eigenvalue weighted by Crippen LogP contribution is -2.07. The van der Waals surface area contributed by atoms with E-state index in [1.54, 1.807) is 12.1 Å². The summed E-state index contributed by atoms with van der Waals surface area (Å²) in [5.41, 5.74) is 3.08. The highest BCUT2D eigenvalue weighted by molar-refractivity contribution is 5.83. The van der Waals surface area contributed by atoms with Crippen molar-refractivity contribution in [3.8, 4) is 16.9 Å². The first kappa shape index (κ1) is 16.2. The molecule has 0 atom stereocenters. The zero-order valence-corrected chi connectivity index (χ0v) is 14.4. The Labute approximate surface area is 151 Å². The molecule has 0 aliphatic rings. The van der Waals surface area contributed by atoms with Crippen LogP contribution in [0.15, 0.2) is 88.1 Å². The van der Waals surface area contributed by atoms with Gasteiger partial charge in [-0.1, -0.05) is 60.7 Å². The van der Waals surface area contributed by atoms with Crippen LogP contribution in [0.4, 0.5) is 0 Å². The summed E-state index contributed by atoms with van der Waals surface area (Å²) in [6, 6.07) is 24.9. The largest absolute Gasteiger partial charge is 0.489 e. The first-order valence-corrected chi connectivity index (χ1v) is 8.52. The minimum absolute atomic E-state index is 0.0236. The molecule has 26 heavy (non-hydrogen) atoms. The molecule has 0 radical (unpaired) electrons. The lowest BCUT2D eigenvalue weighted by Gasteiger charge is -2.09. The molecule has 3 nitrogen and oxygen atoms in total. The maximum absolute atomic E-state index is 12.9. The Morgan fingerprint density at radius 1 is 0.885 bits per heavy atom. The minimum atomic E-state index is -0.0236. The molecule has 3 aromatic carbocycles. The number of benzene rings is 3. The van der Waals surface area contributed by atoms with Crippen LogP contribution in [0.3, 0.4) is 0 Å². The van der Waals surface area contributed by atoms with E-state index in [2.05, 4.69) is 0 Å². The van der Waals surface area contributed by atoms with Crippen molar-refractivity contribution in [1.29, 1.82) is 0 Å². The molecule has 0 bridgehead atoms. The molecular weight excluding hydrogens is 324 g/mol. The summed E-state index contributed by atoms with van der Waals surface area (Å²) in [7, 11) is 0. The smallest absolute Gasteiger partial charge is 0.200 e. The first-order valence-electron chi connectivity index (χ1n) is 8.52. The predicted molar refractivity (Wildman–Crippen MR) is 103 cm³/mol. The van der Waals surface area contributed by atoms with Gasteiger partial charge in [0, 0.05) is 6.07 Å². The third-order valence-corrected chi connectivity index (χ3v) is 4.35. The summed E-state index contributed by atoms with van der Waals surface area (Å²) in [5, 5.41) is 0.557. The molecule has 0 saturated heterocycles. The number of rotatable bonds is 4. The molecule has 1 heterocycles. The molecule has 0 spiro atoms. The van der Waals surface area contributed by atoms with E-state index >= 15 is 0 Å². The van der Waals surface area contributed by atoms with Crippen molar-refractivity contribution in [2.45, 2.75) is 13.5 Å². The quantitative estimate of drug-likeness (QED) is 0.502. The lowest BCUT2D eigenvalue weighted by molar-refractivity contribution is 0.306. The van der Waals surface area contributed by atoms with Gasteiger partial charge in [0.1, 0.15) is 23.7 Å². The standard InChI is InChI=1S/C23H18O3/c1-16-22(18-10-6-3-7-11-18)23(24)20-13-12-19(14-21(20)26-16)25-15-17-8-4-2-5-9-17/h2-14H,15H2,1H3. The zero-order valence-electron chi connectivity index (χ0n) is 14.4. The van der Waals surface area contributed by atoms with Crippen LogP contribution in [-0.2, 0) is 6.61 Å². The molecular formula is C23H18O3. The second-order valence-electron chi connectivity index (χ2n) is 6.16. The van der Waals surface area contributed by atoms with Gasteiger partial charge < -0.3 is 9.15 Å². The Kier molecular flexibility index (Phi) is 4.28. The normalized spacial score (nSPS) is 10.8. The highest BCUT2D eigenvalue weighted by atomic mass is 16.5. The third-order valence-electron chi connectivity index (χ3n) is 4.35. The van der Waals surface area contributed by atoms with E-state index in [9.17, 15) is 4.79 Å². The van der Waals surface area contributed by atoms with Crippen molar-refractivity contribution in [2.24, 2.45) is 0 Å². The van der Waals surface area contributed by atoms with Crippen molar-refractivity contribution in [3.63, 3.8) is 0 Å². The maximum atomic E-state index is 12.9. The highest BCUT2D eigenvalue weighted by Gasteiger charge is 2.13. The van der Waals surface area contributed by atoms with Crippen molar-refractivity contribution in [1.82, 2.24) is 0 Å². The molecule has 0 aliphatic carbocycles. The Morgan fingerprint density at radius 3 is 2.31 bits per heavy atom. The monoisotopic (exact) mass is 342 g/mol. The number of hydrogen-bond acceptors (Lipinski definition) is 3. The Hall–Kier alpha value is -3.33. The minimum Gasteiger partial charge on any atom is -0.489 e. The Morgan fingerprint density at radius 2 is 1.58 bits per heavy atom. The van der Waals surface area contributed by atoms with Crippen LogP contribution in [0.25, 0.3) is 22.1 Å². The van der Waals surface area contributed by atoms with Crippen LogP contribution >= 0.6 is 0 Å². The summed E-state index contributed by atoms with van der Waals surface area (Å²) < 4.78 is 11.8. The second-order valence-corrected chi connectivity index (χ2v) is 6.16. The van der Waals surface area contributed by atoms with E-state index in [0.29, 0.717) is 34.6 Å². The second kappa shape index (κ2) is 6.89. The summed E-state index contributed by atoms with van der Waals surface area (Å²) in [4.78, 5) is 12.9. The summed E-state index contributed by atoms with van der Waals surface area (Å²) in [6.45, 7) is 2.29. The first-order chi connectivity index (χ1) is 12.7. The lowest BCUT2D eigenvalue weighted by atomic mass is 10.0. The van der Waals surface area contributed by atoms with Gasteiger partial charge in [-0.05, 0) is 30.2 Å². The SMILES string of the molecule is Cc1oc2cc(OCc3ccccc3)ccc2c(=O)c1-c1ccccc1. The van der Waals surface area contributed by atoms with Gasteiger partial charge in [0.15, 0.2) is 0 Å². The van der Waals surface area contributed by atoms with Gasteiger partial charge in [-0.15, -0.1) is 0 Å². The van der Waals surface area contributed by atoms with Crippen molar-refractivity contribution >= 4 is 11.0 Å². The van der Waals surface area contributed by atoms with Crippen molar-refractivity contribution in [3.05, 3.63) is 100 Å². The third kappa shape index (κ3) is 3.11. The van der Waals surface area contributed by atoms with Gasteiger partial charge in [-0.25, -0.2) is 0 Å². The van der Waals surface area contributed by atoms with E-state index in [-0.39, 0.29) is 5.43 Å². The molecule has 0 unspecified atom stereocenters. The average Bonchev–Trinajstić information content (AvgIpc) is 2.68. The fourth-order valence-electron chi connectivity index (χ4n) is 3.06. The number of aryl methyl sites for hydroxylation is 1. The van der Waals surface area contributed by atoms with Crippen LogP contribution < -0.4 is 10.2 Å². The van der Waals surface area contributed by atoms with Crippen LogP contribution in [-0.4, -0.2) is 0 Å². The summed E-state index contributed by atoms with van der Waals surface area (Å²) in [5.74, 6) is 1.28. The van der Waals surface area contributed by atoms with Crippen LogP contribution in [0.2, 0.25) is 0 Å². The Balaban J connectivity index is 1.70. The predicted octanol–water partition coefficient (Wildman–Crippen LogP) is 5.35. The van der Waals surface area contributed by atoms with Crippen LogP contribution in [0.5, 0.6) is 5.75 Å². The van der Waals surface area contributed by atoms with Gasteiger partial charge in [-0.2, -0.15) is 0 Å². The molecule has 4 rings (SSSR count). The van der Waals surface area contributed by atoms with E-state index in [4.69, 9.17) is 9.15 Å². The van der Waals surface area contributed by atoms with Crippen molar-refractivity contribution < 1.29 is 9.15 Å². The van der Waals surface area contributed by atoms with E-state index in [1.165, 1.54) is 0 Å². The van der Waals surface area contributed by atoms with Crippen molar-refractivity contribution in [2.75, 3.05) is 0 Å². The van der Waals surface area contributed by atoms with Gasteiger partial charge in [0.2, 0.25) is 5.43 Å². The number of fused-ring (bicyclic) bond motifs is 1. The highest BCUT2D eigenvalue weighted by Crippen LogP contribution is 2.26. The molecule has 0 amide bonds. The molecule has 0 N–H and O–H groups in total. The fraction of sp³-hybridized carbons (Fsp3) is 0.0870. The van der Waals surface area contributed by atoms with E-state index in [1.807, 2.05) is 73.7 Å². The van der Waals surface area contributed by atoms with Gasteiger partial charge in [0.05, 0.1) is 10.9 Å². The van der Waals surface area contributed by atoms with Gasteiger partial charge in [-0.3, -0.25) is 4.79 Å². The fourth-order valence-corrected chi connectivity index (χ4v) is 3.06. The molecule has 3 heteroatoms. The molecule has 4 aromatic rings. The maximum Gasteiger partial charge on any atom is 0.200 e. The van der Waals surface area contributed by atoms with Crippen LogP contribution in [0.1, 0.15) is 11.3 Å². The average molecular weight is 342 g/mol. The molecule has 128 valence electrons. The van der Waals surface area contributed by atoms with Gasteiger partial charge >= 0.3 is 0 Å². The summed E-state index contributed by atoms with van der Waals surface area (Å²) in [6.07, 6.45) is 0. The molecule has 1 aromatic heterocycles. The zero-order chi connectivity index (χ0) is 17.9.